The van der Waals surface area contributed by atoms with E-state index < -0.39 is 0 Å². The third kappa shape index (κ3) is 4.98. The maximum absolute atomic E-state index is 12.9. The molecule has 1 saturated carbocycles. The smallest absolute Gasteiger partial charge is 0.255 e. The van der Waals surface area contributed by atoms with E-state index in [1.807, 2.05) is 36.4 Å². The fourth-order valence-corrected chi connectivity index (χ4v) is 5.19. The molecule has 0 spiro atoms. The number of rotatable bonds is 6. The SMILES string of the molecule is COc1ccccc1C(=O)NC1CCCC1N1CCC(Cc2ccc(Cl)cc2)CC1. The van der Waals surface area contributed by atoms with Gasteiger partial charge in [0.25, 0.3) is 5.91 Å². The maximum Gasteiger partial charge on any atom is 0.255 e. The van der Waals surface area contributed by atoms with Crippen molar-refractivity contribution in [2.24, 2.45) is 5.92 Å². The highest BCUT2D eigenvalue weighted by atomic mass is 35.5. The van der Waals surface area contributed by atoms with Crippen LogP contribution in [0.1, 0.15) is 48.0 Å². The van der Waals surface area contributed by atoms with Gasteiger partial charge in [0, 0.05) is 17.1 Å². The number of benzene rings is 2. The Balaban J connectivity index is 1.32. The molecule has 4 rings (SSSR count). The zero-order chi connectivity index (χ0) is 20.9. The lowest BCUT2D eigenvalue weighted by atomic mass is 9.89. The van der Waals surface area contributed by atoms with E-state index in [9.17, 15) is 4.79 Å². The van der Waals surface area contributed by atoms with E-state index in [0.717, 1.165) is 36.9 Å². The molecule has 1 saturated heterocycles. The van der Waals surface area contributed by atoms with Crippen molar-refractivity contribution < 1.29 is 9.53 Å². The summed E-state index contributed by atoms with van der Waals surface area (Å²) in [6.07, 6.45) is 6.95. The summed E-state index contributed by atoms with van der Waals surface area (Å²) in [6, 6.07) is 16.4. The quantitative estimate of drug-likeness (QED) is 0.710. The number of carbonyl (C=O) groups excluding carboxylic acids is 1. The molecule has 2 aromatic carbocycles. The van der Waals surface area contributed by atoms with Gasteiger partial charge in [-0.15, -0.1) is 0 Å². The van der Waals surface area contributed by atoms with Crippen LogP contribution in [-0.2, 0) is 6.42 Å². The van der Waals surface area contributed by atoms with E-state index in [2.05, 4.69) is 22.3 Å². The number of nitrogens with zero attached hydrogens (tertiary/aromatic N) is 1. The minimum absolute atomic E-state index is 0.0259. The molecular formula is C25H31ClN2O2. The summed E-state index contributed by atoms with van der Waals surface area (Å²) in [4.78, 5) is 15.5. The van der Waals surface area contributed by atoms with Gasteiger partial charge in [-0.1, -0.05) is 35.9 Å². The van der Waals surface area contributed by atoms with Crippen molar-refractivity contribution in [1.82, 2.24) is 10.2 Å². The number of para-hydroxylation sites is 1. The second-order valence-electron chi connectivity index (χ2n) is 8.59. The van der Waals surface area contributed by atoms with Gasteiger partial charge in [0.05, 0.1) is 12.7 Å². The fraction of sp³-hybridized carbons (Fsp3) is 0.480. The third-order valence-electron chi connectivity index (χ3n) is 6.70. The Morgan fingerprint density at radius 2 is 1.80 bits per heavy atom. The molecule has 2 fully saturated rings. The topological polar surface area (TPSA) is 41.6 Å². The zero-order valence-corrected chi connectivity index (χ0v) is 18.4. The van der Waals surface area contributed by atoms with Gasteiger partial charge in [-0.3, -0.25) is 9.69 Å². The van der Waals surface area contributed by atoms with Crippen LogP contribution in [0.5, 0.6) is 5.75 Å². The Labute approximate surface area is 184 Å². The van der Waals surface area contributed by atoms with Crippen molar-refractivity contribution in [3.8, 4) is 5.75 Å². The zero-order valence-electron chi connectivity index (χ0n) is 17.6. The minimum Gasteiger partial charge on any atom is -0.496 e. The molecule has 5 heteroatoms. The molecule has 1 aliphatic heterocycles. The van der Waals surface area contributed by atoms with E-state index in [1.54, 1.807) is 7.11 Å². The molecule has 1 heterocycles. The van der Waals surface area contributed by atoms with Crippen LogP contribution in [0.25, 0.3) is 0 Å². The van der Waals surface area contributed by atoms with Crippen LogP contribution < -0.4 is 10.1 Å². The van der Waals surface area contributed by atoms with Crippen molar-refractivity contribution in [3.05, 3.63) is 64.7 Å². The first-order valence-electron chi connectivity index (χ1n) is 11.1. The number of hydrogen-bond donors (Lipinski definition) is 1. The summed E-state index contributed by atoms with van der Waals surface area (Å²) in [5.41, 5.74) is 1.99. The summed E-state index contributed by atoms with van der Waals surface area (Å²) in [6.45, 7) is 2.23. The standard InChI is InChI=1S/C25H31ClN2O2/c1-30-24-8-3-2-5-21(24)25(29)27-22-6-4-7-23(22)28-15-13-19(14-16-28)17-18-9-11-20(26)12-10-18/h2-3,5,8-12,19,22-23H,4,6-7,13-17H2,1H3,(H,27,29). The highest BCUT2D eigenvalue weighted by Crippen LogP contribution is 2.30. The highest BCUT2D eigenvalue weighted by molar-refractivity contribution is 6.30. The average Bonchev–Trinajstić information content (AvgIpc) is 3.24. The summed E-state index contributed by atoms with van der Waals surface area (Å²) >= 11 is 6.01. The number of ether oxygens (including phenoxy) is 1. The number of hydrogen-bond acceptors (Lipinski definition) is 3. The lowest BCUT2D eigenvalue weighted by molar-refractivity contribution is 0.0859. The van der Waals surface area contributed by atoms with Crippen LogP contribution in [0.2, 0.25) is 5.02 Å². The van der Waals surface area contributed by atoms with E-state index >= 15 is 0 Å². The van der Waals surface area contributed by atoms with Crippen molar-refractivity contribution in [2.45, 2.75) is 50.6 Å². The van der Waals surface area contributed by atoms with E-state index in [4.69, 9.17) is 16.3 Å². The van der Waals surface area contributed by atoms with Crippen LogP contribution in [-0.4, -0.2) is 43.1 Å². The van der Waals surface area contributed by atoms with E-state index in [0.29, 0.717) is 17.4 Å². The molecule has 2 aliphatic rings. The molecule has 2 aromatic rings. The van der Waals surface area contributed by atoms with Crippen LogP contribution in [0, 0.1) is 5.92 Å². The van der Waals surface area contributed by atoms with E-state index in [-0.39, 0.29) is 11.9 Å². The largest absolute Gasteiger partial charge is 0.496 e. The van der Waals surface area contributed by atoms with Gasteiger partial charge < -0.3 is 10.1 Å². The Morgan fingerprint density at radius 3 is 2.53 bits per heavy atom. The summed E-state index contributed by atoms with van der Waals surface area (Å²) in [7, 11) is 1.61. The number of likely N-dealkylation sites (tertiary alicyclic amines) is 1. The van der Waals surface area contributed by atoms with Gasteiger partial charge in [0.2, 0.25) is 0 Å². The molecule has 0 aromatic heterocycles. The lowest BCUT2D eigenvalue weighted by Gasteiger charge is -2.38. The van der Waals surface area contributed by atoms with Crippen LogP contribution in [0.15, 0.2) is 48.5 Å². The molecule has 0 radical (unpaired) electrons. The van der Waals surface area contributed by atoms with Gasteiger partial charge in [-0.25, -0.2) is 0 Å². The Kier molecular flexibility index (Phi) is 6.96. The van der Waals surface area contributed by atoms with Crippen LogP contribution in [0.4, 0.5) is 0 Å². The summed E-state index contributed by atoms with van der Waals surface area (Å²) < 4.78 is 5.36. The highest BCUT2D eigenvalue weighted by Gasteiger charge is 2.35. The van der Waals surface area contributed by atoms with Crippen LogP contribution >= 0.6 is 11.6 Å². The first kappa shape index (κ1) is 21.2. The van der Waals surface area contributed by atoms with E-state index in [1.165, 1.54) is 31.2 Å². The number of halogens is 1. The fourth-order valence-electron chi connectivity index (χ4n) is 5.07. The van der Waals surface area contributed by atoms with Crippen LogP contribution in [0.3, 0.4) is 0 Å². The monoisotopic (exact) mass is 426 g/mol. The number of carbonyl (C=O) groups is 1. The van der Waals surface area contributed by atoms with Gasteiger partial charge in [-0.05, 0) is 87.4 Å². The van der Waals surface area contributed by atoms with Crippen molar-refractivity contribution in [3.63, 3.8) is 0 Å². The maximum atomic E-state index is 12.9. The van der Waals surface area contributed by atoms with Gasteiger partial charge in [0.15, 0.2) is 0 Å². The second kappa shape index (κ2) is 9.84. The molecule has 160 valence electrons. The molecule has 0 bridgehead atoms. The van der Waals surface area contributed by atoms with Crippen molar-refractivity contribution in [1.29, 1.82) is 0 Å². The predicted octanol–water partition coefficient (Wildman–Crippen LogP) is 4.95. The first-order valence-corrected chi connectivity index (χ1v) is 11.4. The molecule has 30 heavy (non-hydrogen) atoms. The normalized spacial score (nSPS) is 22.7. The molecule has 4 nitrogen and oxygen atoms in total. The predicted molar refractivity (Wildman–Crippen MR) is 121 cm³/mol. The summed E-state index contributed by atoms with van der Waals surface area (Å²) in [5.74, 6) is 1.33. The summed E-state index contributed by atoms with van der Waals surface area (Å²) in [5, 5.41) is 4.10. The first-order chi connectivity index (χ1) is 14.6. The van der Waals surface area contributed by atoms with Crippen molar-refractivity contribution >= 4 is 17.5 Å². The average molecular weight is 427 g/mol. The molecular weight excluding hydrogens is 396 g/mol. The Bertz CT molecular complexity index is 846. The molecule has 1 aliphatic carbocycles. The molecule has 1 N–H and O–H groups in total. The number of piperidine rings is 1. The minimum atomic E-state index is -0.0259. The Morgan fingerprint density at radius 1 is 1.07 bits per heavy atom. The second-order valence-corrected chi connectivity index (χ2v) is 9.02. The van der Waals surface area contributed by atoms with Crippen molar-refractivity contribution in [2.75, 3.05) is 20.2 Å². The van der Waals surface area contributed by atoms with Gasteiger partial charge in [-0.2, -0.15) is 0 Å². The van der Waals surface area contributed by atoms with Gasteiger partial charge in [0.1, 0.15) is 5.75 Å². The van der Waals surface area contributed by atoms with Gasteiger partial charge >= 0.3 is 0 Å². The number of amides is 1. The molecule has 2 atom stereocenters. The number of methoxy groups -OCH3 is 1. The lowest BCUT2D eigenvalue weighted by Crippen LogP contribution is -2.51. The molecule has 2 unspecified atom stereocenters. The Hall–Kier alpha value is -2.04. The molecule has 1 amide bonds. The number of nitrogens with one attached hydrogen (secondary N) is 1. The third-order valence-corrected chi connectivity index (χ3v) is 6.96.